The SMILES string of the molecule is COc1ccc(/C=C(\C#N)C(=O)OCC(=O)NC2(C#N)CCCC2)cc1. The third-order valence-corrected chi connectivity index (χ3v) is 4.15. The Hall–Kier alpha value is -3.32. The van der Waals surface area contributed by atoms with E-state index < -0.39 is 24.0 Å². The Balaban J connectivity index is 1.94. The molecular weight excluding hydrogens is 334 g/mol. The highest BCUT2D eigenvalue weighted by atomic mass is 16.5. The lowest BCUT2D eigenvalue weighted by molar-refractivity contribution is -0.144. The number of ether oxygens (including phenoxy) is 2. The standard InChI is InChI=1S/C19H19N3O4/c1-25-16-6-4-14(5-7-16)10-15(11-20)18(24)26-12-17(23)22-19(13-21)8-2-3-9-19/h4-7,10H,2-3,8-9,12H2,1H3,(H,22,23)/b15-10+. The molecule has 1 aliphatic carbocycles. The van der Waals surface area contributed by atoms with E-state index >= 15 is 0 Å². The highest BCUT2D eigenvalue weighted by Crippen LogP contribution is 2.28. The summed E-state index contributed by atoms with van der Waals surface area (Å²) in [6, 6.07) is 10.7. The van der Waals surface area contributed by atoms with Crippen LogP contribution in [0.5, 0.6) is 5.75 Å². The van der Waals surface area contributed by atoms with Gasteiger partial charge in [0.15, 0.2) is 6.61 Å². The number of methoxy groups -OCH3 is 1. The average molecular weight is 353 g/mol. The van der Waals surface area contributed by atoms with Crippen molar-refractivity contribution in [3.63, 3.8) is 0 Å². The number of benzene rings is 1. The fraction of sp³-hybridized carbons (Fsp3) is 0.368. The molecule has 0 aromatic heterocycles. The molecule has 26 heavy (non-hydrogen) atoms. The Labute approximate surface area is 151 Å². The number of esters is 1. The second-order valence-electron chi connectivity index (χ2n) is 5.97. The molecule has 1 fully saturated rings. The molecule has 0 heterocycles. The Morgan fingerprint density at radius 3 is 2.42 bits per heavy atom. The van der Waals surface area contributed by atoms with Gasteiger partial charge in [0.25, 0.3) is 5.91 Å². The zero-order valence-corrected chi connectivity index (χ0v) is 14.4. The molecule has 1 amide bonds. The molecule has 0 bridgehead atoms. The molecule has 0 saturated heterocycles. The van der Waals surface area contributed by atoms with E-state index in [0.717, 1.165) is 12.8 Å². The minimum atomic E-state index is -0.893. The molecule has 0 unspecified atom stereocenters. The number of nitriles is 2. The predicted molar refractivity (Wildman–Crippen MR) is 92.5 cm³/mol. The van der Waals surface area contributed by atoms with Crippen LogP contribution >= 0.6 is 0 Å². The molecule has 7 nitrogen and oxygen atoms in total. The van der Waals surface area contributed by atoms with E-state index in [2.05, 4.69) is 11.4 Å². The summed E-state index contributed by atoms with van der Waals surface area (Å²) in [5.74, 6) is -0.794. The number of carbonyl (C=O) groups excluding carboxylic acids is 2. The van der Waals surface area contributed by atoms with Crippen molar-refractivity contribution >= 4 is 18.0 Å². The number of rotatable bonds is 6. The van der Waals surface area contributed by atoms with Crippen LogP contribution in [0.3, 0.4) is 0 Å². The largest absolute Gasteiger partial charge is 0.497 e. The van der Waals surface area contributed by atoms with E-state index in [1.165, 1.54) is 13.2 Å². The van der Waals surface area contributed by atoms with Crippen LogP contribution in [-0.4, -0.2) is 31.1 Å². The third kappa shape index (κ3) is 4.84. The first kappa shape index (κ1) is 19.0. The molecule has 0 spiro atoms. The lowest BCUT2D eigenvalue weighted by atomic mass is 10.00. The van der Waals surface area contributed by atoms with Crippen molar-refractivity contribution in [3.05, 3.63) is 35.4 Å². The lowest BCUT2D eigenvalue weighted by Gasteiger charge is -2.21. The van der Waals surface area contributed by atoms with Gasteiger partial charge >= 0.3 is 5.97 Å². The first-order chi connectivity index (χ1) is 12.5. The van der Waals surface area contributed by atoms with E-state index in [1.54, 1.807) is 30.3 Å². The molecule has 7 heteroatoms. The van der Waals surface area contributed by atoms with Gasteiger partial charge in [-0.05, 0) is 49.5 Å². The number of carbonyl (C=O) groups is 2. The van der Waals surface area contributed by atoms with E-state index in [4.69, 9.17) is 14.7 Å². The maximum absolute atomic E-state index is 12.0. The van der Waals surface area contributed by atoms with E-state index in [-0.39, 0.29) is 5.57 Å². The normalized spacial score (nSPS) is 15.4. The summed E-state index contributed by atoms with van der Waals surface area (Å²) >= 11 is 0. The van der Waals surface area contributed by atoms with Crippen molar-refractivity contribution in [1.29, 1.82) is 10.5 Å². The van der Waals surface area contributed by atoms with Gasteiger partial charge in [-0.2, -0.15) is 10.5 Å². The van der Waals surface area contributed by atoms with Crippen molar-refractivity contribution in [1.82, 2.24) is 5.32 Å². The molecule has 0 atom stereocenters. The summed E-state index contributed by atoms with van der Waals surface area (Å²) in [6.07, 6.45) is 4.29. The molecular formula is C19H19N3O4. The van der Waals surface area contributed by atoms with Crippen LogP contribution in [0.4, 0.5) is 0 Å². The highest BCUT2D eigenvalue weighted by Gasteiger charge is 2.35. The van der Waals surface area contributed by atoms with Gasteiger partial charge in [0.05, 0.1) is 13.2 Å². The lowest BCUT2D eigenvalue weighted by Crippen LogP contribution is -2.46. The maximum atomic E-state index is 12.0. The van der Waals surface area contributed by atoms with Gasteiger partial charge in [0.2, 0.25) is 0 Å². The van der Waals surface area contributed by atoms with Crippen LogP contribution in [0.15, 0.2) is 29.8 Å². The number of amides is 1. The average Bonchev–Trinajstić information content (AvgIpc) is 3.13. The van der Waals surface area contributed by atoms with Gasteiger partial charge in [-0.25, -0.2) is 4.79 Å². The summed E-state index contributed by atoms with van der Waals surface area (Å²) in [4.78, 5) is 24.0. The zero-order chi connectivity index (χ0) is 19.0. The van der Waals surface area contributed by atoms with Crippen LogP contribution in [0.25, 0.3) is 6.08 Å². The van der Waals surface area contributed by atoms with Crippen LogP contribution in [-0.2, 0) is 14.3 Å². The quantitative estimate of drug-likeness (QED) is 0.476. The van der Waals surface area contributed by atoms with Crippen molar-refractivity contribution in [2.24, 2.45) is 0 Å². The Morgan fingerprint density at radius 1 is 1.23 bits per heavy atom. The summed E-state index contributed by atoms with van der Waals surface area (Å²) in [6.45, 7) is -0.538. The minimum Gasteiger partial charge on any atom is -0.497 e. The van der Waals surface area contributed by atoms with Crippen LogP contribution in [0, 0.1) is 22.7 Å². The molecule has 1 aromatic carbocycles. The zero-order valence-electron chi connectivity index (χ0n) is 14.4. The van der Waals surface area contributed by atoms with Crippen molar-refractivity contribution < 1.29 is 19.1 Å². The molecule has 0 radical (unpaired) electrons. The maximum Gasteiger partial charge on any atom is 0.349 e. The van der Waals surface area contributed by atoms with Gasteiger partial charge in [0, 0.05) is 0 Å². The summed E-state index contributed by atoms with van der Waals surface area (Å²) in [7, 11) is 1.54. The number of nitrogens with one attached hydrogen (secondary N) is 1. The topological polar surface area (TPSA) is 112 Å². The van der Waals surface area contributed by atoms with Gasteiger partial charge < -0.3 is 14.8 Å². The van der Waals surface area contributed by atoms with E-state index in [0.29, 0.717) is 24.2 Å². The summed E-state index contributed by atoms with van der Waals surface area (Å²) in [5, 5.41) is 21.0. The van der Waals surface area contributed by atoms with E-state index in [9.17, 15) is 14.9 Å². The van der Waals surface area contributed by atoms with Gasteiger partial charge in [-0.15, -0.1) is 0 Å². The Kier molecular flexibility index (Phi) is 6.35. The fourth-order valence-corrected chi connectivity index (χ4v) is 2.76. The van der Waals surface area contributed by atoms with Gasteiger partial charge in [0.1, 0.15) is 22.9 Å². The second kappa shape index (κ2) is 8.68. The molecule has 1 saturated carbocycles. The first-order valence-corrected chi connectivity index (χ1v) is 8.17. The molecule has 0 aliphatic heterocycles. The summed E-state index contributed by atoms with van der Waals surface area (Å²) in [5.41, 5.74) is -0.475. The second-order valence-corrected chi connectivity index (χ2v) is 5.97. The molecule has 1 aliphatic rings. The molecule has 1 N–H and O–H groups in total. The minimum absolute atomic E-state index is 0.223. The van der Waals surface area contributed by atoms with Crippen LogP contribution < -0.4 is 10.1 Å². The first-order valence-electron chi connectivity index (χ1n) is 8.17. The molecule has 2 rings (SSSR count). The van der Waals surface area contributed by atoms with E-state index in [1.807, 2.05) is 0 Å². The Bertz CT molecular complexity index is 778. The monoisotopic (exact) mass is 353 g/mol. The fourth-order valence-electron chi connectivity index (χ4n) is 2.76. The van der Waals surface area contributed by atoms with Crippen LogP contribution in [0.2, 0.25) is 0 Å². The van der Waals surface area contributed by atoms with Gasteiger partial charge in [-0.1, -0.05) is 12.1 Å². The third-order valence-electron chi connectivity index (χ3n) is 4.15. The van der Waals surface area contributed by atoms with Crippen molar-refractivity contribution in [3.8, 4) is 17.9 Å². The smallest absolute Gasteiger partial charge is 0.349 e. The summed E-state index contributed by atoms with van der Waals surface area (Å²) < 4.78 is 9.94. The highest BCUT2D eigenvalue weighted by molar-refractivity contribution is 5.98. The molecule has 134 valence electrons. The Morgan fingerprint density at radius 2 is 1.88 bits per heavy atom. The number of hydrogen-bond acceptors (Lipinski definition) is 6. The number of nitrogens with zero attached hydrogens (tertiary/aromatic N) is 2. The number of hydrogen-bond donors (Lipinski definition) is 1. The van der Waals surface area contributed by atoms with Crippen molar-refractivity contribution in [2.45, 2.75) is 31.2 Å². The molecule has 1 aromatic rings. The predicted octanol–water partition coefficient (Wildman–Crippen LogP) is 2.10. The van der Waals surface area contributed by atoms with Crippen LogP contribution in [0.1, 0.15) is 31.2 Å². The van der Waals surface area contributed by atoms with Gasteiger partial charge in [-0.3, -0.25) is 4.79 Å². The van der Waals surface area contributed by atoms with Crippen molar-refractivity contribution in [2.75, 3.05) is 13.7 Å².